The van der Waals surface area contributed by atoms with Crippen molar-refractivity contribution in [3.05, 3.63) is 35.4 Å². The number of benzene rings is 1. The van der Waals surface area contributed by atoms with Crippen LogP contribution in [0.5, 0.6) is 0 Å². The molecule has 1 aromatic carbocycles. The molecule has 0 saturated heterocycles. The zero-order valence-corrected chi connectivity index (χ0v) is 12.8. The summed E-state index contributed by atoms with van der Waals surface area (Å²) < 4.78 is 10.3. The Morgan fingerprint density at radius 2 is 1.05 bits per heavy atom. The van der Waals surface area contributed by atoms with Gasteiger partial charge in [-0.15, -0.1) is 0 Å². The highest BCUT2D eigenvalue weighted by atomic mass is 16.6. The van der Waals surface area contributed by atoms with Crippen LogP contribution in [-0.4, -0.2) is 34.8 Å². The predicted molar refractivity (Wildman–Crippen MR) is 79.9 cm³/mol. The second-order valence-electron chi connectivity index (χ2n) is 6.31. The molecular weight excluding hydrogens is 284 g/mol. The Morgan fingerprint density at radius 1 is 0.727 bits per heavy atom. The molecule has 22 heavy (non-hydrogen) atoms. The monoisotopic (exact) mass is 300 g/mol. The van der Waals surface area contributed by atoms with Gasteiger partial charge in [0.15, 0.2) is 11.1 Å². The van der Waals surface area contributed by atoms with Crippen molar-refractivity contribution in [1.82, 2.24) is 0 Å². The molecule has 114 valence electrons. The van der Waals surface area contributed by atoms with Gasteiger partial charge in [-0.25, -0.2) is 19.6 Å². The van der Waals surface area contributed by atoms with Crippen molar-refractivity contribution in [2.45, 2.75) is 38.8 Å². The molecule has 0 N–H and O–H groups in total. The molecule has 0 bridgehead atoms. The average molecular weight is 300 g/mol. The molecule has 0 saturated carbocycles. The van der Waals surface area contributed by atoms with E-state index in [9.17, 15) is 9.59 Å². The Kier molecular flexibility index (Phi) is 2.95. The zero-order chi connectivity index (χ0) is 16.1. The van der Waals surface area contributed by atoms with Gasteiger partial charge in [0, 0.05) is 11.1 Å². The third kappa shape index (κ3) is 2.30. The number of ether oxygens (including phenoxy) is 2. The number of rotatable bonds is 2. The van der Waals surface area contributed by atoms with Crippen molar-refractivity contribution in [3.63, 3.8) is 0 Å². The first kappa shape index (κ1) is 14.4. The molecule has 1 aromatic rings. The highest BCUT2D eigenvalue weighted by Gasteiger charge is 2.38. The first-order chi connectivity index (χ1) is 10.2. The van der Waals surface area contributed by atoms with Crippen molar-refractivity contribution in [1.29, 1.82) is 0 Å². The van der Waals surface area contributed by atoms with Crippen molar-refractivity contribution in [2.24, 2.45) is 9.98 Å². The summed E-state index contributed by atoms with van der Waals surface area (Å²) in [5.74, 6) is -0.149. The Morgan fingerprint density at radius 3 is 1.27 bits per heavy atom. The smallest absolute Gasteiger partial charge is 0.340 e. The van der Waals surface area contributed by atoms with Crippen molar-refractivity contribution in [2.75, 3.05) is 0 Å². The van der Waals surface area contributed by atoms with Crippen LogP contribution < -0.4 is 0 Å². The molecule has 6 heteroatoms. The van der Waals surface area contributed by atoms with Crippen molar-refractivity contribution < 1.29 is 19.1 Å². The molecule has 3 rings (SSSR count). The zero-order valence-electron chi connectivity index (χ0n) is 12.8. The number of cyclic esters (lactones) is 2. The fourth-order valence-corrected chi connectivity index (χ4v) is 2.07. The van der Waals surface area contributed by atoms with Gasteiger partial charge in [-0.1, -0.05) is 0 Å². The fourth-order valence-electron chi connectivity index (χ4n) is 2.07. The van der Waals surface area contributed by atoms with Gasteiger partial charge in [0.05, 0.1) is 0 Å². The van der Waals surface area contributed by atoms with E-state index in [1.807, 2.05) is 0 Å². The molecule has 0 radical (unpaired) electrons. The first-order valence-corrected chi connectivity index (χ1v) is 6.94. The van der Waals surface area contributed by atoms with E-state index in [4.69, 9.17) is 9.47 Å². The largest absolute Gasteiger partial charge is 0.405 e. The Labute approximate surface area is 127 Å². The molecule has 0 aromatic heterocycles. The van der Waals surface area contributed by atoms with Crippen LogP contribution >= 0.6 is 0 Å². The highest BCUT2D eigenvalue weighted by Crippen LogP contribution is 2.24. The molecule has 2 heterocycles. The van der Waals surface area contributed by atoms with Crippen LogP contribution in [0, 0.1) is 0 Å². The number of carbonyl (C=O) groups is 2. The van der Waals surface area contributed by atoms with E-state index >= 15 is 0 Å². The molecule has 2 aliphatic rings. The summed E-state index contributed by atoms with van der Waals surface area (Å²) in [5, 5.41) is 0. The topological polar surface area (TPSA) is 77.3 Å². The second kappa shape index (κ2) is 4.50. The lowest BCUT2D eigenvalue weighted by Crippen LogP contribution is -2.25. The lowest BCUT2D eigenvalue weighted by molar-refractivity contribution is -0.138. The highest BCUT2D eigenvalue weighted by molar-refractivity contribution is 6.09. The maximum Gasteiger partial charge on any atom is 0.340 e. The molecule has 6 nitrogen and oxygen atoms in total. The van der Waals surface area contributed by atoms with Gasteiger partial charge in [0.2, 0.25) is 11.8 Å². The van der Waals surface area contributed by atoms with Gasteiger partial charge in [0.1, 0.15) is 0 Å². The third-order valence-electron chi connectivity index (χ3n) is 3.52. The van der Waals surface area contributed by atoms with E-state index in [1.165, 1.54) is 0 Å². The molecule has 0 atom stereocenters. The normalized spacial score (nSPS) is 22.0. The number of carbonyl (C=O) groups excluding carboxylic acids is 2. The van der Waals surface area contributed by atoms with E-state index in [0.29, 0.717) is 22.9 Å². The number of hydrogen-bond acceptors (Lipinski definition) is 6. The molecule has 0 amide bonds. The lowest BCUT2D eigenvalue weighted by Gasteiger charge is -2.05. The van der Waals surface area contributed by atoms with Gasteiger partial charge in [0.25, 0.3) is 0 Å². The van der Waals surface area contributed by atoms with Crippen molar-refractivity contribution in [3.8, 4) is 0 Å². The standard InChI is InChI=1S/C16H16N2O4/c1-15(2)13(19)21-11(17-15)9-5-7-10(8-6-9)12-18-16(3,4)14(20)22-12/h5-8H,1-4H3. The summed E-state index contributed by atoms with van der Waals surface area (Å²) in [5.41, 5.74) is -0.342. The van der Waals surface area contributed by atoms with Crippen LogP contribution in [0.25, 0.3) is 0 Å². The third-order valence-corrected chi connectivity index (χ3v) is 3.52. The van der Waals surface area contributed by atoms with Crippen LogP contribution in [0.2, 0.25) is 0 Å². The average Bonchev–Trinajstić information content (AvgIpc) is 2.87. The lowest BCUT2D eigenvalue weighted by atomic mass is 10.1. The maximum atomic E-state index is 11.6. The van der Waals surface area contributed by atoms with Gasteiger partial charge in [-0.05, 0) is 52.0 Å². The summed E-state index contributed by atoms with van der Waals surface area (Å²) in [6.07, 6.45) is 0. The SMILES string of the molecule is CC1(C)N=C(c2ccc(C3=NC(C)(C)C(=O)O3)cc2)OC1=O. The number of aliphatic imine (C=N–C) groups is 2. The molecule has 0 fully saturated rings. The van der Waals surface area contributed by atoms with Crippen LogP contribution in [0.15, 0.2) is 34.3 Å². The van der Waals surface area contributed by atoms with Crippen LogP contribution in [0.3, 0.4) is 0 Å². The Bertz CT molecular complexity index is 664. The Balaban J connectivity index is 1.86. The fraction of sp³-hybridized carbons (Fsp3) is 0.375. The van der Waals surface area contributed by atoms with Crippen LogP contribution in [0.4, 0.5) is 0 Å². The minimum atomic E-state index is -0.858. The number of esters is 2. The van der Waals surface area contributed by atoms with Crippen LogP contribution in [-0.2, 0) is 19.1 Å². The summed E-state index contributed by atoms with van der Waals surface area (Å²) in [6, 6.07) is 7.02. The second-order valence-corrected chi connectivity index (χ2v) is 6.31. The molecule has 2 aliphatic heterocycles. The molecular formula is C16H16N2O4. The van der Waals surface area contributed by atoms with Crippen LogP contribution in [0.1, 0.15) is 38.8 Å². The van der Waals surface area contributed by atoms with E-state index in [0.717, 1.165) is 0 Å². The number of hydrogen-bond donors (Lipinski definition) is 0. The van der Waals surface area contributed by atoms with Gasteiger partial charge < -0.3 is 9.47 Å². The summed E-state index contributed by atoms with van der Waals surface area (Å²) in [4.78, 5) is 31.8. The summed E-state index contributed by atoms with van der Waals surface area (Å²) >= 11 is 0. The predicted octanol–water partition coefficient (Wildman–Crippen LogP) is 1.85. The van der Waals surface area contributed by atoms with E-state index in [1.54, 1.807) is 52.0 Å². The Hall–Kier alpha value is -2.50. The minimum Gasteiger partial charge on any atom is -0.405 e. The number of nitrogens with zero attached hydrogens (tertiary/aromatic N) is 2. The van der Waals surface area contributed by atoms with E-state index < -0.39 is 11.1 Å². The molecule has 0 aliphatic carbocycles. The first-order valence-electron chi connectivity index (χ1n) is 6.94. The summed E-state index contributed by atoms with van der Waals surface area (Å²) in [7, 11) is 0. The van der Waals surface area contributed by atoms with Gasteiger partial charge in [-0.2, -0.15) is 0 Å². The molecule has 0 unspecified atom stereocenters. The van der Waals surface area contributed by atoms with Crippen molar-refractivity contribution >= 4 is 23.7 Å². The van der Waals surface area contributed by atoms with Gasteiger partial charge in [-0.3, -0.25) is 0 Å². The van der Waals surface area contributed by atoms with E-state index in [-0.39, 0.29) is 11.9 Å². The van der Waals surface area contributed by atoms with Gasteiger partial charge >= 0.3 is 11.9 Å². The maximum absolute atomic E-state index is 11.6. The molecule has 0 spiro atoms. The minimum absolute atomic E-state index is 0.298. The van der Waals surface area contributed by atoms with E-state index in [2.05, 4.69) is 9.98 Å². The summed E-state index contributed by atoms with van der Waals surface area (Å²) in [6.45, 7) is 6.80. The quantitative estimate of drug-likeness (QED) is 0.781.